The fraction of sp³-hybridized carbons (Fsp3) is 0.714. The summed E-state index contributed by atoms with van der Waals surface area (Å²) in [6, 6.07) is -0.876. The smallest absolute Gasteiger partial charge is 0.456 e. The monoisotopic (exact) mass is 1040 g/mol. The Morgan fingerprint density at radius 3 is 1.44 bits per heavy atom. The third-order valence-electron chi connectivity index (χ3n) is 12.5. The van der Waals surface area contributed by atoms with Gasteiger partial charge in [0.25, 0.3) is 0 Å². The molecule has 0 aliphatic rings. The summed E-state index contributed by atoms with van der Waals surface area (Å²) < 4.78 is 30.6. The van der Waals surface area contributed by atoms with Gasteiger partial charge in [0.05, 0.1) is 33.8 Å². The SMILES string of the molecule is CC/C=C\C/C=C\C/C=C\C/C=C\C/C=C\CCCCCC(=O)NC(COP(=O)(O)OCC[N+](C)(C)C)C(/C=C\CCCCCCCCCCCCC)OC(=O)CCCCCCCC/C=C/C=C/CCCCC. The summed E-state index contributed by atoms with van der Waals surface area (Å²) in [6.45, 7) is 6.82. The number of esters is 1. The molecule has 73 heavy (non-hydrogen) atoms. The van der Waals surface area contributed by atoms with Crippen molar-refractivity contribution in [2.75, 3.05) is 40.9 Å². The van der Waals surface area contributed by atoms with Crippen LogP contribution in [0.25, 0.3) is 0 Å². The van der Waals surface area contributed by atoms with Crippen LogP contribution in [0.3, 0.4) is 0 Å². The molecule has 0 aromatic rings. The summed E-state index contributed by atoms with van der Waals surface area (Å²) in [4.78, 5) is 37.6. The first-order valence-corrected chi connectivity index (χ1v) is 31.1. The summed E-state index contributed by atoms with van der Waals surface area (Å²) in [5, 5.41) is 3.03. The third kappa shape index (κ3) is 53.6. The summed E-state index contributed by atoms with van der Waals surface area (Å²) in [5.41, 5.74) is 0. The number of likely N-dealkylation sites (N-methyl/N-ethyl adjacent to an activating group) is 1. The van der Waals surface area contributed by atoms with Crippen LogP contribution in [0.5, 0.6) is 0 Å². The van der Waals surface area contributed by atoms with Crippen LogP contribution in [0.1, 0.15) is 239 Å². The van der Waals surface area contributed by atoms with E-state index in [4.69, 9.17) is 13.8 Å². The molecule has 0 heterocycles. The molecule has 1 amide bonds. The van der Waals surface area contributed by atoms with Crippen LogP contribution in [-0.2, 0) is 27.9 Å². The van der Waals surface area contributed by atoms with Gasteiger partial charge in [-0.2, -0.15) is 0 Å². The van der Waals surface area contributed by atoms with E-state index in [0.717, 1.165) is 116 Å². The molecule has 0 saturated carbocycles. The van der Waals surface area contributed by atoms with E-state index >= 15 is 0 Å². The summed E-state index contributed by atoms with van der Waals surface area (Å²) in [6.07, 6.45) is 69.7. The Bertz CT molecular complexity index is 1570. The quantitative estimate of drug-likeness (QED) is 0.0156. The van der Waals surface area contributed by atoms with Gasteiger partial charge in [-0.1, -0.05) is 221 Å². The first kappa shape index (κ1) is 69.9. The summed E-state index contributed by atoms with van der Waals surface area (Å²) >= 11 is 0. The Labute approximate surface area is 449 Å². The van der Waals surface area contributed by atoms with E-state index < -0.39 is 20.0 Å². The number of phosphoric acid groups is 1. The number of hydrogen-bond donors (Lipinski definition) is 2. The molecule has 0 bridgehead atoms. The van der Waals surface area contributed by atoms with Crippen LogP contribution >= 0.6 is 7.82 Å². The number of quaternary nitrogens is 1. The highest BCUT2D eigenvalue weighted by Gasteiger charge is 2.30. The van der Waals surface area contributed by atoms with E-state index in [1.165, 1.54) is 83.5 Å². The Balaban J connectivity index is 5.43. The molecule has 420 valence electrons. The van der Waals surface area contributed by atoms with Crippen LogP contribution in [0.4, 0.5) is 0 Å². The van der Waals surface area contributed by atoms with E-state index in [2.05, 4.69) is 111 Å². The molecule has 0 fully saturated rings. The average Bonchev–Trinajstić information content (AvgIpc) is 3.35. The number of carbonyl (C=O) groups is 2. The lowest BCUT2D eigenvalue weighted by Crippen LogP contribution is -2.47. The zero-order valence-electron chi connectivity index (χ0n) is 47.8. The minimum atomic E-state index is -4.46. The Kier molecular flexibility index (Phi) is 50.2. The number of rotatable bonds is 52. The van der Waals surface area contributed by atoms with Gasteiger partial charge in [-0.05, 0) is 102 Å². The van der Waals surface area contributed by atoms with Gasteiger partial charge in [0, 0.05) is 12.8 Å². The molecule has 0 aliphatic heterocycles. The number of allylic oxidation sites excluding steroid dienone is 15. The van der Waals surface area contributed by atoms with E-state index in [0.29, 0.717) is 17.4 Å². The zero-order valence-corrected chi connectivity index (χ0v) is 48.7. The maximum atomic E-state index is 13.5. The molecule has 0 aliphatic carbocycles. The summed E-state index contributed by atoms with van der Waals surface area (Å²) in [7, 11) is 1.45. The normalized spacial score (nSPS) is 14.5. The van der Waals surface area contributed by atoms with Crippen molar-refractivity contribution in [3.63, 3.8) is 0 Å². The molecular weight excluding hydrogens is 928 g/mol. The number of unbranched alkanes of at least 4 members (excludes halogenated alkanes) is 23. The first-order valence-electron chi connectivity index (χ1n) is 29.6. The molecule has 0 saturated heterocycles. The fourth-order valence-corrected chi connectivity index (χ4v) is 8.69. The van der Waals surface area contributed by atoms with Crippen molar-refractivity contribution in [3.05, 3.63) is 97.2 Å². The highest BCUT2D eigenvalue weighted by molar-refractivity contribution is 7.47. The van der Waals surface area contributed by atoms with E-state index in [1.54, 1.807) is 0 Å². The van der Waals surface area contributed by atoms with Crippen molar-refractivity contribution < 1.29 is 37.3 Å². The minimum Gasteiger partial charge on any atom is -0.456 e. The van der Waals surface area contributed by atoms with Crippen LogP contribution in [0, 0.1) is 0 Å². The standard InChI is InChI=1S/C63H111N2O7P/c1-7-10-13-16-19-22-25-28-30-31-32-33-35-37-40-43-46-49-52-55-62(66)64-60(59-71-73(68,69)70-58-57-65(4,5)6)61(54-51-48-45-42-39-36-27-24-21-18-15-12-9-3)72-63(67)56-53-50-47-44-41-38-34-29-26-23-20-17-14-11-8-2/h10,13,19-20,22-23,26,28-30,32-33,37,40,51,54,60-61H,7-9,11-12,14-18,21,24-25,27,31,34-36,38-39,41-50,52-53,55-59H2,1-6H3,(H-,64,66,68,69)/p+1/b13-10-,22-19-,23-20+,29-26+,30-28-,33-32-,40-37-,54-51-. The van der Waals surface area contributed by atoms with Crippen molar-refractivity contribution in [2.45, 2.75) is 251 Å². The second kappa shape index (κ2) is 52.4. The predicted octanol–water partition coefficient (Wildman–Crippen LogP) is 18.0. The van der Waals surface area contributed by atoms with Gasteiger partial charge in [0.15, 0.2) is 0 Å². The van der Waals surface area contributed by atoms with E-state index in [-0.39, 0.29) is 37.9 Å². The van der Waals surface area contributed by atoms with Gasteiger partial charge in [-0.15, -0.1) is 0 Å². The number of phosphoric ester groups is 1. The maximum Gasteiger partial charge on any atom is 0.472 e. The second-order valence-electron chi connectivity index (χ2n) is 20.8. The van der Waals surface area contributed by atoms with Crippen molar-refractivity contribution in [1.82, 2.24) is 5.32 Å². The van der Waals surface area contributed by atoms with Crippen molar-refractivity contribution in [2.24, 2.45) is 0 Å². The topological polar surface area (TPSA) is 111 Å². The van der Waals surface area contributed by atoms with Crippen molar-refractivity contribution >= 4 is 19.7 Å². The molecule has 3 atom stereocenters. The van der Waals surface area contributed by atoms with Crippen molar-refractivity contribution in [1.29, 1.82) is 0 Å². The number of nitrogens with zero attached hydrogens (tertiary/aromatic N) is 1. The fourth-order valence-electron chi connectivity index (χ4n) is 7.96. The lowest BCUT2D eigenvalue weighted by Gasteiger charge is -2.27. The number of carbonyl (C=O) groups excluding carboxylic acids is 2. The molecular formula is C63H112N2O7P+. The van der Waals surface area contributed by atoms with Crippen LogP contribution in [0.15, 0.2) is 97.2 Å². The van der Waals surface area contributed by atoms with Crippen LogP contribution in [0.2, 0.25) is 0 Å². The third-order valence-corrected chi connectivity index (χ3v) is 13.5. The lowest BCUT2D eigenvalue weighted by atomic mass is 10.0. The molecule has 3 unspecified atom stereocenters. The minimum absolute atomic E-state index is 0.0269. The molecule has 9 nitrogen and oxygen atoms in total. The first-order chi connectivity index (χ1) is 35.4. The van der Waals surface area contributed by atoms with Gasteiger partial charge in [0.2, 0.25) is 5.91 Å². The van der Waals surface area contributed by atoms with Gasteiger partial charge < -0.3 is 19.4 Å². The Morgan fingerprint density at radius 2 is 0.918 bits per heavy atom. The van der Waals surface area contributed by atoms with Gasteiger partial charge in [-0.3, -0.25) is 18.6 Å². The number of nitrogens with one attached hydrogen (secondary N) is 1. The Hall–Kier alpha value is -3.07. The highest BCUT2D eigenvalue weighted by Crippen LogP contribution is 2.43. The molecule has 0 aromatic carbocycles. The largest absolute Gasteiger partial charge is 0.472 e. The maximum absolute atomic E-state index is 13.5. The van der Waals surface area contributed by atoms with Gasteiger partial charge in [-0.25, -0.2) is 4.57 Å². The molecule has 0 aromatic heterocycles. The van der Waals surface area contributed by atoms with Crippen LogP contribution in [-0.4, -0.2) is 74.3 Å². The second-order valence-corrected chi connectivity index (χ2v) is 22.3. The van der Waals surface area contributed by atoms with Gasteiger partial charge in [0.1, 0.15) is 19.3 Å². The average molecular weight is 1040 g/mol. The lowest BCUT2D eigenvalue weighted by molar-refractivity contribution is -0.870. The number of hydrogen-bond acceptors (Lipinski definition) is 6. The highest BCUT2D eigenvalue weighted by atomic mass is 31.2. The van der Waals surface area contributed by atoms with E-state index in [1.807, 2.05) is 33.3 Å². The number of amides is 1. The zero-order chi connectivity index (χ0) is 53.6. The number of ether oxygens (including phenoxy) is 1. The molecule has 2 N–H and O–H groups in total. The van der Waals surface area contributed by atoms with Gasteiger partial charge >= 0.3 is 13.8 Å². The molecule has 0 rings (SSSR count). The molecule has 0 radical (unpaired) electrons. The predicted molar refractivity (Wildman–Crippen MR) is 314 cm³/mol. The van der Waals surface area contributed by atoms with Crippen molar-refractivity contribution in [3.8, 4) is 0 Å². The van der Waals surface area contributed by atoms with E-state index in [9.17, 15) is 19.0 Å². The summed E-state index contributed by atoms with van der Waals surface area (Å²) in [5.74, 6) is -0.561. The molecule has 0 spiro atoms. The Morgan fingerprint density at radius 1 is 0.507 bits per heavy atom. The molecule has 10 heteroatoms. The van der Waals surface area contributed by atoms with Crippen LogP contribution < -0.4 is 5.32 Å².